The van der Waals surface area contributed by atoms with Crippen molar-refractivity contribution < 1.29 is 14.3 Å². The Bertz CT molecular complexity index is 821. The third-order valence-electron chi connectivity index (χ3n) is 4.51. The number of hydrogen-bond donors (Lipinski definition) is 2. The molecule has 8 heteroatoms. The predicted octanol–water partition coefficient (Wildman–Crippen LogP) is 1.91. The Kier molecular flexibility index (Phi) is 6.78. The van der Waals surface area contributed by atoms with Crippen LogP contribution >= 0.6 is 0 Å². The zero-order chi connectivity index (χ0) is 19.9. The SMILES string of the molecule is COc1ccc(C)cc1Nc1cc(C(=O)NCCN2CCOCC2)nc(C)n1. The van der Waals surface area contributed by atoms with E-state index in [2.05, 4.69) is 25.5 Å². The Morgan fingerprint density at radius 1 is 1.21 bits per heavy atom. The van der Waals surface area contributed by atoms with Crippen molar-refractivity contribution in [3.8, 4) is 5.75 Å². The Morgan fingerprint density at radius 2 is 2.00 bits per heavy atom. The van der Waals surface area contributed by atoms with Crippen molar-refractivity contribution in [3.05, 3.63) is 41.3 Å². The fraction of sp³-hybridized carbons (Fsp3) is 0.450. The summed E-state index contributed by atoms with van der Waals surface area (Å²) >= 11 is 0. The predicted molar refractivity (Wildman–Crippen MR) is 107 cm³/mol. The van der Waals surface area contributed by atoms with Gasteiger partial charge >= 0.3 is 0 Å². The molecule has 3 rings (SSSR count). The van der Waals surface area contributed by atoms with Crippen LogP contribution in [-0.2, 0) is 4.74 Å². The van der Waals surface area contributed by atoms with E-state index in [1.807, 2.05) is 25.1 Å². The minimum Gasteiger partial charge on any atom is -0.495 e. The van der Waals surface area contributed by atoms with Gasteiger partial charge in [-0.3, -0.25) is 9.69 Å². The normalized spacial score (nSPS) is 14.5. The minimum atomic E-state index is -0.210. The first-order valence-corrected chi connectivity index (χ1v) is 9.41. The third-order valence-corrected chi connectivity index (χ3v) is 4.51. The lowest BCUT2D eigenvalue weighted by atomic mass is 10.2. The highest BCUT2D eigenvalue weighted by molar-refractivity contribution is 5.93. The molecule has 2 aromatic rings. The van der Waals surface area contributed by atoms with Gasteiger partial charge < -0.3 is 20.1 Å². The fourth-order valence-electron chi connectivity index (χ4n) is 3.05. The van der Waals surface area contributed by atoms with E-state index in [-0.39, 0.29) is 5.91 Å². The van der Waals surface area contributed by atoms with E-state index in [0.29, 0.717) is 29.6 Å². The van der Waals surface area contributed by atoms with E-state index in [1.165, 1.54) is 0 Å². The number of aromatic nitrogens is 2. The van der Waals surface area contributed by atoms with E-state index in [9.17, 15) is 4.79 Å². The molecule has 0 aliphatic carbocycles. The summed E-state index contributed by atoms with van der Waals surface area (Å²) in [4.78, 5) is 23.5. The molecule has 150 valence electrons. The molecule has 1 fully saturated rings. The zero-order valence-corrected chi connectivity index (χ0v) is 16.6. The summed E-state index contributed by atoms with van der Waals surface area (Å²) in [5, 5.41) is 6.16. The zero-order valence-electron chi connectivity index (χ0n) is 16.6. The second-order valence-corrected chi connectivity index (χ2v) is 6.72. The number of benzene rings is 1. The van der Waals surface area contributed by atoms with Crippen molar-refractivity contribution in [2.45, 2.75) is 13.8 Å². The third kappa shape index (κ3) is 5.40. The van der Waals surface area contributed by atoms with Crippen LogP contribution in [0.2, 0.25) is 0 Å². The van der Waals surface area contributed by atoms with Crippen molar-refractivity contribution in [1.82, 2.24) is 20.2 Å². The molecular weight excluding hydrogens is 358 g/mol. The smallest absolute Gasteiger partial charge is 0.270 e. The number of amides is 1. The lowest BCUT2D eigenvalue weighted by molar-refractivity contribution is 0.0383. The monoisotopic (exact) mass is 385 g/mol. The average Bonchev–Trinajstić information content (AvgIpc) is 2.68. The largest absolute Gasteiger partial charge is 0.495 e. The van der Waals surface area contributed by atoms with Crippen LogP contribution in [-0.4, -0.2) is 67.3 Å². The van der Waals surface area contributed by atoms with Crippen LogP contribution < -0.4 is 15.4 Å². The summed E-state index contributed by atoms with van der Waals surface area (Å²) in [7, 11) is 1.62. The lowest BCUT2D eigenvalue weighted by Crippen LogP contribution is -2.41. The standard InChI is InChI=1S/C20H27N5O3/c1-14-4-5-18(27-3)16(12-14)24-19-13-17(22-15(2)23-19)20(26)21-6-7-25-8-10-28-11-9-25/h4-5,12-13H,6-11H2,1-3H3,(H,21,26)(H,22,23,24). The Morgan fingerprint density at radius 3 is 2.75 bits per heavy atom. The highest BCUT2D eigenvalue weighted by Crippen LogP contribution is 2.28. The van der Waals surface area contributed by atoms with Crippen molar-refractivity contribution in [2.24, 2.45) is 0 Å². The number of anilines is 2. The second kappa shape index (κ2) is 9.48. The molecule has 0 saturated carbocycles. The van der Waals surface area contributed by atoms with Gasteiger partial charge in [0.15, 0.2) is 0 Å². The molecule has 2 heterocycles. The van der Waals surface area contributed by atoms with Crippen LogP contribution in [0.3, 0.4) is 0 Å². The first kappa shape index (κ1) is 20.0. The van der Waals surface area contributed by atoms with Gasteiger partial charge in [-0.2, -0.15) is 0 Å². The van der Waals surface area contributed by atoms with Crippen LogP contribution in [0.4, 0.5) is 11.5 Å². The molecule has 8 nitrogen and oxygen atoms in total. The van der Waals surface area contributed by atoms with Gasteiger partial charge in [0.05, 0.1) is 26.0 Å². The maximum Gasteiger partial charge on any atom is 0.270 e. The van der Waals surface area contributed by atoms with Crippen LogP contribution in [0.1, 0.15) is 21.9 Å². The Labute approximate surface area is 165 Å². The van der Waals surface area contributed by atoms with Gasteiger partial charge in [-0.05, 0) is 31.5 Å². The number of aryl methyl sites for hydroxylation is 2. The molecule has 1 aliphatic heterocycles. The number of nitrogens with one attached hydrogen (secondary N) is 2. The number of nitrogens with zero attached hydrogens (tertiary/aromatic N) is 3. The Balaban J connectivity index is 1.65. The number of morpholine rings is 1. The molecular formula is C20H27N5O3. The van der Waals surface area contributed by atoms with Gasteiger partial charge in [0.2, 0.25) is 0 Å². The molecule has 1 amide bonds. The molecule has 1 aliphatic rings. The first-order valence-electron chi connectivity index (χ1n) is 9.41. The molecule has 0 spiro atoms. The van der Waals surface area contributed by atoms with Gasteiger partial charge in [-0.1, -0.05) is 6.07 Å². The molecule has 0 unspecified atom stereocenters. The number of rotatable bonds is 7. The molecule has 2 N–H and O–H groups in total. The van der Waals surface area contributed by atoms with Gasteiger partial charge in [0, 0.05) is 32.2 Å². The molecule has 0 radical (unpaired) electrons. The molecule has 28 heavy (non-hydrogen) atoms. The summed E-state index contributed by atoms with van der Waals surface area (Å²) in [6, 6.07) is 7.49. The van der Waals surface area contributed by atoms with E-state index >= 15 is 0 Å². The first-order chi connectivity index (χ1) is 13.5. The van der Waals surface area contributed by atoms with Crippen LogP contribution in [0.5, 0.6) is 5.75 Å². The van der Waals surface area contributed by atoms with Gasteiger partial charge in [0.25, 0.3) is 5.91 Å². The highest BCUT2D eigenvalue weighted by Gasteiger charge is 2.14. The van der Waals surface area contributed by atoms with E-state index in [1.54, 1.807) is 20.1 Å². The number of ether oxygens (including phenoxy) is 2. The number of hydrogen-bond acceptors (Lipinski definition) is 7. The average molecular weight is 385 g/mol. The van der Waals surface area contributed by atoms with E-state index in [4.69, 9.17) is 9.47 Å². The number of carbonyl (C=O) groups is 1. The van der Waals surface area contributed by atoms with Crippen molar-refractivity contribution in [3.63, 3.8) is 0 Å². The van der Waals surface area contributed by atoms with Crippen LogP contribution in [0.15, 0.2) is 24.3 Å². The topological polar surface area (TPSA) is 88.6 Å². The molecule has 1 saturated heterocycles. The van der Waals surface area contributed by atoms with Crippen molar-refractivity contribution >= 4 is 17.4 Å². The van der Waals surface area contributed by atoms with Crippen molar-refractivity contribution in [1.29, 1.82) is 0 Å². The van der Waals surface area contributed by atoms with E-state index < -0.39 is 0 Å². The minimum absolute atomic E-state index is 0.210. The quantitative estimate of drug-likeness (QED) is 0.753. The van der Waals surface area contributed by atoms with Gasteiger partial charge in [0.1, 0.15) is 23.1 Å². The summed E-state index contributed by atoms with van der Waals surface area (Å²) in [6.45, 7) is 8.42. The molecule has 0 atom stereocenters. The number of methoxy groups -OCH3 is 1. The molecule has 1 aromatic carbocycles. The fourth-order valence-corrected chi connectivity index (χ4v) is 3.05. The maximum atomic E-state index is 12.5. The lowest BCUT2D eigenvalue weighted by Gasteiger charge is -2.26. The van der Waals surface area contributed by atoms with Crippen LogP contribution in [0.25, 0.3) is 0 Å². The summed E-state index contributed by atoms with van der Waals surface area (Å²) < 4.78 is 10.7. The summed E-state index contributed by atoms with van der Waals surface area (Å²) in [6.07, 6.45) is 0. The van der Waals surface area contributed by atoms with Crippen molar-refractivity contribution in [2.75, 3.05) is 51.8 Å². The number of carbonyl (C=O) groups excluding carboxylic acids is 1. The van der Waals surface area contributed by atoms with Gasteiger partial charge in [-0.15, -0.1) is 0 Å². The summed E-state index contributed by atoms with van der Waals surface area (Å²) in [5.74, 6) is 1.57. The molecule has 1 aromatic heterocycles. The molecule has 0 bridgehead atoms. The second-order valence-electron chi connectivity index (χ2n) is 6.72. The highest BCUT2D eigenvalue weighted by atomic mass is 16.5. The van der Waals surface area contributed by atoms with Crippen LogP contribution in [0, 0.1) is 13.8 Å². The summed E-state index contributed by atoms with van der Waals surface area (Å²) in [5.41, 5.74) is 2.22. The van der Waals surface area contributed by atoms with E-state index in [0.717, 1.165) is 44.1 Å². The van der Waals surface area contributed by atoms with Gasteiger partial charge in [-0.25, -0.2) is 9.97 Å². The maximum absolute atomic E-state index is 12.5. The Hall–Kier alpha value is -2.71.